The van der Waals surface area contributed by atoms with E-state index in [1.807, 2.05) is 13.8 Å². The number of nitrogens with zero attached hydrogens (tertiary/aromatic N) is 3. The third-order valence-corrected chi connectivity index (χ3v) is 14.1. The lowest BCUT2D eigenvalue weighted by molar-refractivity contribution is -0.997. The second kappa shape index (κ2) is 14.1. The SMILES string of the molecule is [2H]c1c([2H])c([2H])c(-c2c([2H])c([2H])[n+]3c(c2[2H])-c2cc(C(C)(C)C)cc4c2C32Oc3c(cc(C(C)(C)C)cc3C(C)(C)C)-c3n(-c5ccc(-c6c(C(C)C)cccc6C([2H])(C)C)cc5C)c5cccc-4c5[n+]32)c([2H])c1[2H]. The molecule has 0 radical (unpaired) electrons. The number of rotatable bonds is 5. The quantitative estimate of drug-likeness (QED) is 0.158. The van der Waals surface area contributed by atoms with Crippen LogP contribution in [0.3, 0.4) is 0 Å². The second-order valence-electron chi connectivity index (χ2n) is 22.3. The standard InChI is InChI=1S/C62H65N3O/c1-36(2)44-22-18-23-45(37(3)4)54(44)41-26-27-51(38(5)30-41)64-52-25-19-24-46-47-32-42(59(6,7)8)33-48-53-31-40(39-20-16-15-17-21-39)28-29-63(53)62(55(47)48)65(56(46)52)58(64)49-34-43(60(9,10)11)35-50(57(49)66-62)61(12,13)14/h15-37H,1-14H3/q+2/i15D,16D,17D,20D,21D,28D,29D,31D,36D. The van der Waals surface area contributed by atoms with Crippen molar-refractivity contribution in [2.75, 3.05) is 0 Å². The Kier molecular flexibility index (Phi) is 7.12. The van der Waals surface area contributed by atoms with Crippen molar-refractivity contribution < 1.29 is 26.2 Å². The summed E-state index contributed by atoms with van der Waals surface area (Å²) in [5.74, 6) is -1.01. The van der Waals surface area contributed by atoms with Gasteiger partial charge in [0.15, 0.2) is 23.0 Å². The van der Waals surface area contributed by atoms with Crippen molar-refractivity contribution in [3.63, 3.8) is 0 Å². The summed E-state index contributed by atoms with van der Waals surface area (Å²) >= 11 is 0. The average molecular weight is 877 g/mol. The van der Waals surface area contributed by atoms with Crippen LogP contribution in [0.2, 0.25) is 0 Å². The largest absolute Gasteiger partial charge is 0.499 e. The van der Waals surface area contributed by atoms with Crippen molar-refractivity contribution in [1.82, 2.24) is 4.57 Å². The Morgan fingerprint density at radius 1 is 0.667 bits per heavy atom. The van der Waals surface area contributed by atoms with Gasteiger partial charge in [0.25, 0.3) is 0 Å². The van der Waals surface area contributed by atoms with Crippen LogP contribution >= 0.6 is 0 Å². The lowest BCUT2D eigenvalue weighted by Crippen LogP contribution is -2.78. The lowest BCUT2D eigenvalue weighted by atomic mass is 9.78. The number of pyridine rings is 1. The predicted octanol–water partition coefficient (Wildman–Crippen LogP) is 15.2. The molecule has 8 aromatic rings. The molecule has 1 atom stereocenters. The van der Waals surface area contributed by atoms with Crippen LogP contribution in [0, 0.1) is 6.92 Å². The van der Waals surface area contributed by atoms with Gasteiger partial charge in [-0.15, -0.1) is 9.13 Å². The third kappa shape index (κ3) is 5.95. The van der Waals surface area contributed by atoms with Crippen LogP contribution in [0.5, 0.6) is 5.75 Å². The Hall–Kier alpha value is -6.26. The first-order valence-corrected chi connectivity index (χ1v) is 23.4. The molecule has 4 heteroatoms. The summed E-state index contributed by atoms with van der Waals surface area (Å²) in [4.78, 5) is 0. The number of hydrogen-bond donors (Lipinski definition) is 0. The molecule has 3 aliphatic rings. The molecular formula is C62H65N3O+2. The average Bonchev–Trinajstić information content (AvgIpc) is 4.07. The normalized spacial score (nSPS) is 18.0. The zero-order chi connectivity index (χ0) is 54.5. The van der Waals surface area contributed by atoms with Gasteiger partial charge in [-0.1, -0.05) is 157 Å². The van der Waals surface area contributed by atoms with E-state index in [1.54, 1.807) is 4.57 Å². The minimum atomic E-state index is -1.75. The van der Waals surface area contributed by atoms with Crippen LogP contribution in [0.25, 0.3) is 72.7 Å². The zero-order valence-electron chi connectivity index (χ0n) is 49.8. The van der Waals surface area contributed by atoms with Crippen LogP contribution in [0.15, 0.2) is 127 Å². The first-order valence-electron chi connectivity index (χ1n) is 27.9. The summed E-state index contributed by atoms with van der Waals surface area (Å²) < 4.78 is 98.0. The highest BCUT2D eigenvalue weighted by Crippen LogP contribution is 2.56. The first-order chi connectivity index (χ1) is 34.8. The molecule has 0 N–H and O–H groups in total. The van der Waals surface area contributed by atoms with E-state index in [-0.39, 0.29) is 40.4 Å². The van der Waals surface area contributed by atoms with Crippen LogP contribution in [-0.2, 0) is 22.1 Å². The van der Waals surface area contributed by atoms with Crippen molar-refractivity contribution in [2.24, 2.45) is 0 Å². The van der Waals surface area contributed by atoms with Gasteiger partial charge in [0.2, 0.25) is 5.69 Å². The molecule has 66 heavy (non-hydrogen) atoms. The van der Waals surface area contributed by atoms with E-state index in [0.717, 1.165) is 78.2 Å². The molecular weight excluding hydrogens is 803 g/mol. The van der Waals surface area contributed by atoms with E-state index in [4.69, 9.17) is 11.6 Å². The molecule has 5 heterocycles. The van der Waals surface area contributed by atoms with Gasteiger partial charge in [0.1, 0.15) is 18.2 Å². The molecule has 1 spiro atoms. The smallest absolute Gasteiger partial charge is 0.392 e. The van der Waals surface area contributed by atoms with Crippen molar-refractivity contribution in [1.29, 1.82) is 0 Å². The molecule has 4 nitrogen and oxygen atoms in total. The van der Waals surface area contributed by atoms with E-state index in [2.05, 4.69) is 171 Å². The number of para-hydroxylation sites is 1. The highest BCUT2D eigenvalue weighted by Gasteiger charge is 2.69. The van der Waals surface area contributed by atoms with E-state index in [9.17, 15) is 5.48 Å². The predicted molar refractivity (Wildman–Crippen MR) is 273 cm³/mol. The van der Waals surface area contributed by atoms with Crippen LogP contribution in [0.1, 0.15) is 153 Å². The molecule has 2 aromatic heterocycles. The van der Waals surface area contributed by atoms with E-state index in [0.29, 0.717) is 16.9 Å². The van der Waals surface area contributed by atoms with Gasteiger partial charge in [-0.2, -0.15) is 4.57 Å². The number of hydrogen-bond acceptors (Lipinski definition) is 1. The van der Waals surface area contributed by atoms with E-state index >= 15 is 0 Å². The number of imidazole rings is 1. The van der Waals surface area contributed by atoms with E-state index in [1.165, 1.54) is 5.56 Å². The van der Waals surface area contributed by atoms with Gasteiger partial charge < -0.3 is 4.74 Å². The highest BCUT2D eigenvalue weighted by molar-refractivity contribution is 5.98. The minimum absolute atomic E-state index is 0.210. The fourth-order valence-electron chi connectivity index (χ4n) is 10.7. The molecule has 0 saturated heterocycles. The van der Waals surface area contributed by atoms with Gasteiger partial charge in [-0.25, -0.2) is 0 Å². The number of ether oxygens (including phenoxy) is 1. The maximum Gasteiger partial charge on any atom is 0.499 e. The molecule has 1 unspecified atom stereocenters. The minimum Gasteiger partial charge on any atom is -0.392 e. The molecule has 0 saturated carbocycles. The summed E-state index contributed by atoms with van der Waals surface area (Å²) in [7, 11) is 0. The van der Waals surface area contributed by atoms with Gasteiger partial charge in [0, 0.05) is 30.1 Å². The first kappa shape index (κ1) is 33.2. The summed E-state index contributed by atoms with van der Waals surface area (Å²) in [6, 6.07) is 24.5. The molecule has 332 valence electrons. The Bertz CT molecular complexity index is 3850. The third-order valence-electron chi connectivity index (χ3n) is 14.1. The van der Waals surface area contributed by atoms with Gasteiger partial charge >= 0.3 is 11.7 Å². The maximum atomic E-state index is 10.4. The molecule has 6 aromatic carbocycles. The van der Waals surface area contributed by atoms with Crippen LogP contribution in [-0.4, -0.2) is 4.57 Å². The number of aryl methyl sites for hydroxylation is 1. The van der Waals surface area contributed by atoms with Crippen LogP contribution < -0.4 is 13.9 Å². The molecule has 0 amide bonds. The summed E-state index contributed by atoms with van der Waals surface area (Å²) in [5, 5.41) is 0. The fraction of sp³-hybridized carbons (Fsp3) is 0.323. The molecule has 0 bridgehead atoms. The van der Waals surface area contributed by atoms with Gasteiger partial charge in [0.05, 0.1) is 15.2 Å². The Balaban J connectivity index is 1.35. The molecule has 0 fully saturated rings. The molecule has 0 aliphatic carbocycles. The summed E-state index contributed by atoms with van der Waals surface area (Å²) in [6.45, 7) is 30.0. The molecule has 3 aliphatic heterocycles. The Morgan fingerprint density at radius 2 is 1.33 bits per heavy atom. The second-order valence-corrected chi connectivity index (χ2v) is 22.3. The monoisotopic (exact) mass is 877 g/mol. The summed E-state index contributed by atoms with van der Waals surface area (Å²) in [6.07, 6.45) is -0.342. The topological polar surface area (TPSA) is 21.9 Å². The van der Waals surface area contributed by atoms with Crippen LogP contribution in [0.4, 0.5) is 0 Å². The Labute approximate surface area is 405 Å². The van der Waals surface area contributed by atoms with Gasteiger partial charge in [-0.3, -0.25) is 0 Å². The lowest BCUT2D eigenvalue weighted by Gasteiger charge is -2.36. The molecule has 11 rings (SSSR count). The van der Waals surface area contributed by atoms with Crippen molar-refractivity contribution in [2.45, 2.75) is 131 Å². The zero-order valence-corrected chi connectivity index (χ0v) is 40.8. The number of benzene rings is 6. The number of aromatic nitrogens is 3. The van der Waals surface area contributed by atoms with E-state index < -0.39 is 58.8 Å². The van der Waals surface area contributed by atoms with Crippen molar-refractivity contribution in [3.8, 4) is 67.5 Å². The van der Waals surface area contributed by atoms with Crippen molar-refractivity contribution >= 4 is 11.0 Å². The summed E-state index contributed by atoms with van der Waals surface area (Å²) in [5.41, 5.74) is 13.3. The Morgan fingerprint density at radius 3 is 2.00 bits per heavy atom. The highest BCUT2D eigenvalue weighted by atomic mass is 16.5. The van der Waals surface area contributed by atoms with Gasteiger partial charge in [-0.05, 0) is 128 Å². The van der Waals surface area contributed by atoms with Crippen molar-refractivity contribution in [3.05, 3.63) is 166 Å². The fourth-order valence-corrected chi connectivity index (χ4v) is 10.7. The number of fused-ring (bicyclic) bond motifs is 5. The maximum absolute atomic E-state index is 10.4.